The summed E-state index contributed by atoms with van der Waals surface area (Å²) in [6.07, 6.45) is 2.71. The van der Waals surface area contributed by atoms with E-state index in [1.54, 1.807) is 0 Å². The lowest BCUT2D eigenvalue weighted by atomic mass is 10.1. The smallest absolute Gasteiger partial charge is 0.396 e. The van der Waals surface area contributed by atoms with Crippen molar-refractivity contribution in [1.82, 2.24) is 9.88 Å². The molecule has 0 fully saturated rings. The number of carbonyl (C=O) groups is 2. The van der Waals surface area contributed by atoms with Gasteiger partial charge in [0.2, 0.25) is 0 Å². The first-order valence-electron chi connectivity index (χ1n) is 6.02. The molecule has 0 spiro atoms. The molecular formula is C14H16N2O3. The minimum Gasteiger partial charge on any atom is -0.462 e. The topological polar surface area (TPSA) is 60.3 Å². The van der Waals surface area contributed by atoms with Crippen LogP contribution in [0.25, 0.3) is 10.9 Å². The zero-order valence-corrected chi connectivity index (χ0v) is 11.0. The van der Waals surface area contributed by atoms with Crippen molar-refractivity contribution in [3.8, 4) is 0 Å². The Bertz CT molecular complexity index is 616. The molecule has 0 saturated heterocycles. The van der Waals surface area contributed by atoms with Gasteiger partial charge < -0.3 is 14.6 Å². The van der Waals surface area contributed by atoms with Crippen LogP contribution in [-0.2, 0) is 27.8 Å². The summed E-state index contributed by atoms with van der Waals surface area (Å²) in [6, 6.07) is 8.07. The van der Waals surface area contributed by atoms with Gasteiger partial charge in [-0.2, -0.15) is 0 Å². The molecule has 0 unspecified atom stereocenters. The van der Waals surface area contributed by atoms with Crippen LogP contribution in [0.15, 0.2) is 30.5 Å². The number of benzene rings is 1. The van der Waals surface area contributed by atoms with E-state index in [1.165, 1.54) is 7.11 Å². The lowest BCUT2D eigenvalue weighted by Crippen LogP contribution is -2.33. The molecule has 0 bridgehead atoms. The number of aromatic nitrogens is 1. The number of ether oxygens (including phenoxy) is 1. The van der Waals surface area contributed by atoms with Gasteiger partial charge in [-0.05, 0) is 18.1 Å². The highest BCUT2D eigenvalue weighted by Gasteiger charge is 2.13. The van der Waals surface area contributed by atoms with Gasteiger partial charge in [0.15, 0.2) is 0 Å². The van der Waals surface area contributed by atoms with Gasteiger partial charge in [-0.3, -0.25) is 4.79 Å². The molecule has 1 aromatic carbocycles. The van der Waals surface area contributed by atoms with Crippen LogP contribution in [0.2, 0.25) is 0 Å². The molecule has 0 aliphatic rings. The van der Waals surface area contributed by atoms with Crippen molar-refractivity contribution in [1.29, 1.82) is 0 Å². The average Bonchev–Trinajstić information content (AvgIpc) is 2.75. The second kappa shape index (κ2) is 5.56. The third kappa shape index (κ3) is 2.76. The van der Waals surface area contributed by atoms with Crippen molar-refractivity contribution in [3.05, 3.63) is 36.0 Å². The Morgan fingerprint density at radius 2 is 2.05 bits per heavy atom. The number of aryl methyl sites for hydroxylation is 1. The lowest BCUT2D eigenvalue weighted by Gasteiger charge is -2.02. The SMILES string of the molecule is COC(=O)C(=O)NCCc1cn(C)c2ccccc12. The van der Waals surface area contributed by atoms with Gasteiger partial charge in [-0.25, -0.2) is 4.79 Å². The molecule has 5 heteroatoms. The Morgan fingerprint density at radius 3 is 2.79 bits per heavy atom. The number of carbonyl (C=O) groups excluding carboxylic acids is 2. The summed E-state index contributed by atoms with van der Waals surface area (Å²) in [6.45, 7) is 0.405. The van der Waals surface area contributed by atoms with Gasteiger partial charge in [0.1, 0.15) is 0 Å². The van der Waals surface area contributed by atoms with E-state index in [0.29, 0.717) is 13.0 Å². The van der Waals surface area contributed by atoms with Crippen molar-refractivity contribution >= 4 is 22.8 Å². The highest BCUT2D eigenvalue weighted by molar-refractivity contribution is 6.32. The molecule has 0 aliphatic heterocycles. The number of hydrogen-bond acceptors (Lipinski definition) is 3. The molecule has 0 aliphatic carbocycles. The Morgan fingerprint density at radius 1 is 1.32 bits per heavy atom. The standard InChI is InChI=1S/C14H16N2O3/c1-16-9-10(11-5-3-4-6-12(11)16)7-8-15-13(17)14(18)19-2/h3-6,9H,7-8H2,1-2H3,(H,15,17). The molecule has 0 saturated carbocycles. The summed E-state index contributed by atoms with van der Waals surface area (Å²) in [5.41, 5.74) is 2.29. The maximum atomic E-state index is 11.2. The van der Waals surface area contributed by atoms with Gasteiger partial charge in [0.05, 0.1) is 7.11 Å². The molecule has 1 N–H and O–H groups in total. The first kappa shape index (κ1) is 13.1. The zero-order valence-electron chi connectivity index (χ0n) is 11.0. The Kier molecular flexibility index (Phi) is 3.85. The summed E-state index contributed by atoms with van der Waals surface area (Å²) in [5, 5.41) is 3.70. The Balaban J connectivity index is 2.03. The highest BCUT2D eigenvalue weighted by Crippen LogP contribution is 2.20. The second-order valence-electron chi connectivity index (χ2n) is 4.28. The lowest BCUT2D eigenvalue weighted by molar-refractivity contribution is -0.152. The fourth-order valence-corrected chi connectivity index (χ4v) is 2.10. The van der Waals surface area contributed by atoms with Gasteiger partial charge in [0, 0.05) is 30.7 Å². The van der Waals surface area contributed by atoms with Crippen LogP contribution >= 0.6 is 0 Å². The van der Waals surface area contributed by atoms with Crippen molar-refractivity contribution in [2.24, 2.45) is 7.05 Å². The van der Waals surface area contributed by atoms with Crippen LogP contribution in [0.4, 0.5) is 0 Å². The van der Waals surface area contributed by atoms with E-state index in [2.05, 4.69) is 10.1 Å². The fourth-order valence-electron chi connectivity index (χ4n) is 2.10. The highest BCUT2D eigenvalue weighted by atomic mass is 16.5. The van der Waals surface area contributed by atoms with Crippen molar-refractivity contribution in [2.75, 3.05) is 13.7 Å². The number of nitrogens with one attached hydrogen (secondary N) is 1. The number of hydrogen-bond donors (Lipinski definition) is 1. The number of para-hydroxylation sites is 1. The molecule has 2 aromatic rings. The molecule has 5 nitrogen and oxygen atoms in total. The van der Waals surface area contributed by atoms with E-state index >= 15 is 0 Å². The van der Waals surface area contributed by atoms with Gasteiger partial charge in [0.25, 0.3) is 0 Å². The number of nitrogens with zero attached hydrogens (tertiary/aromatic N) is 1. The average molecular weight is 260 g/mol. The van der Waals surface area contributed by atoms with E-state index in [1.807, 2.05) is 42.1 Å². The first-order chi connectivity index (χ1) is 9.13. The minimum atomic E-state index is -0.863. The minimum absolute atomic E-state index is 0.405. The molecule has 2 rings (SSSR count). The third-order valence-electron chi connectivity index (χ3n) is 3.03. The third-order valence-corrected chi connectivity index (χ3v) is 3.03. The fraction of sp³-hybridized carbons (Fsp3) is 0.286. The molecule has 100 valence electrons. The molecule has 1 aromatic heterocycles. The van der Waals surface area contributed by atoms with E-state index in [-0.39, 0.29) is 0 Å². The van der Waals surface area contributed by atoms with Crippen LogP contribution in [0, 0.1) is 0 Å². The Labute approximate surface area is 111 Å². The quantitative estimate of drug-likeness (QED) is 0.662. The number of esters is 1. The summed E-state index contributed by atoms with van der Waals surface area (Å²) in [7, 11) is 3.17. The van der Waals surface area contributed by atoms with Gasteiger partial charge in [-0.15, -0.1) is 0 Å². The predicted molar refractivity (Wildman–Crippen MR) is 71.6 cm³/mol. The summed E-state index contributed by atoms with van der Waals surface area (Å²) in [5.74, 6) is -1.57. The molecule has 0 atom stereocenters. The van der Waals surface area contributed by atoms with Crippen LogP contribution in [0.1, 0.15) is 5.56 Å². The molecule has 19 heavy (non-hydrogen) atoms. The van der Waals surface area contributed by atoms with Crippen LogP contribution < -0.4 is 5.32 Å². The molecular weight excluding hydrogens is 244 g/mol. The van der Waals surface area contributed by atoms with E-state index in [0.717, 1.165) is 16.5 Å². The normalized spacial score (nSPS) is 10.4. The summed E-state index contributed by atoms with van der Waals surface area (Å²) >= 11 is 0. The van der Waals surface area contributed by atoms with Crippen molar-refractivity contribution in [2.45, 2.75) is 6.42 Å². The molecule has 1 heterocycles. The van der Waals surface area contributed by atoms with Crippen LogP contribution in [0.5, 0.6) is 0 Å². The summed E-state index contributed by atoms with van der Waals surface area (Å²) < 4.78 is 6.38. The molecule has 1 amide bonds. The van der Waals surface area contributed by atoms with Crippen molar-refractivity contribution < 1.29 is 14.3 Å². The van der Waals surface area contributed by atoms with Crippen LogP contribution in [0.3, 0.4) is 0 Å². The van der Waals surface area contributed by atoms with Gasteiger partial charge in [-0.1, -0.05) is 18.2 Å². The van der Waals surface area contributed by atoms with E-state index < -0.39 is 11.9 Å². The number of amides is 1. The summed E-state index contributed by atoms with van der Waals surface area (Å²) in [4.78, 5) is 22.2. The maximum Gasteiger partial charge on any atom is 0.396 e. The number of fused-ring (bicyclic) bond motifs is 1. The largest absolute Gasteiger partial charge is 0.462 e. The van der Waals surface area contributed by atoms with Gasteiger partial charge >= 0.3 is 11.9 Å². The Hall–Kier alpha value is -2.30. The second-order valence-corrected chi connectivity index (χ2v) is 4.28. The first-order valence-corrected chi connectivity index (χ1v) is 6.02. The van der Waals surface area contributed by atoms with E-state index in [4.69, 9.17) is 0 Å². The number of methoxy groups -OCH3 is 1. The van der Waals surface area contributed by atoms with Crippen LogP contribution in [-0.4, -0.2) is 30.1 Å². The molecule has 0 radical (unpaired) electrons. The van der Waals surface area contributed by atoms with E-state index in [9.17, 15) is 9.59 Å². The maximum absolute atomic E-state index is 11.2. The zero-order chi connectivity index (χ0) is 13.8. The number of rotatable bonds is 3. The van der Waals surface area contributed by atoms with Crippen molar-refractivity contribution in [3.63, 3.8) is 0 Å². The monoisotopic (exact) mass is 260 g/mol. The predicted octanol–water partition coefficient (Wildman–Crippen LogP) is 1.01.